The van der Waals surface area contributed by atoms with E-state index in [-0.39, 0.29) is 6.71 Å². The smallest absolute Gasteiger partial charge is 0.241 e. The summed E-state index contributed by atoms with van der Waals surface area (Å²) in [6.07, 6.45) is 0. The maximum atomic E-state index is 6.91. The molecule has 0 aliphatic carbocycles. The van der Waals surface area contributed by atoms with Crippen molar-refractivity contribution < 1.29 is 4.74 Å². The van der Waals surface area contributed by atoms with Crippen LogP contribution < -0.4 is 31.2 Å². The van der Waals surface area contributed by atoms with Crippen molar-refractivity contribution >= 4 is 85.7 Å². The summed E-state index contributed by atoms with van der Waals surface area (Å²) in [6, 6.07) is 77.7. The first kappa shape index (κ1) is 36.9. The number of nitrogens with zero attached hydrogens (tertiary/aromatic N) is 1. The molecule has 0 bridgehead atoms. The highest BCUT2D eigenvalue weighted by atomic mass is 28.3. The molecule has 0 N–H and O–H groups in total. The van der Waals surface area contributed by atoms with E-state index in [4.69, 9.17) is 4.74 Å². The Kier molecular flexibility index (Phi) is 8.98. The Morgan fingerprint density at radius 3 is 1.59 bits per heavy atom. The van der Waals surface area contributed by atoms with Gasteiger partial charge < -0.3 is 9.64 Å². The Morgan fingerprint density at radius 1 is 0.377 bits per heavy atom. The van der Waals surface area contributed by atoms with E-state index < -0.39 is 8.07 Å². The van der Waals surface area contributed by atoms with Crippen LogP contribution in [0.4, 0.5) is 17.1 Å². The highest BCUT2D eigenvalue weighted by Gasteiger charge is 2.26. The molecule has 0 spiro atoms. The predicted molar refractivity (Wildman–Crippen MR) is 265 cm³/mol. The summed E-state index contributed by atoms with van der Waals surface area (Å²) >= 11 is 0. The fourth-order valence-electron chi connectivity index (χ4n) is 9.50. The van der Waals surface area contributed by atoms with E-state index in [1.165, 1.54) is 65.2 Å². The zero-order valence-corrected chi connectivity index (χ0v) is 35.6. The van der Waals surface area contributed by atoms with Crippen LogP contribution in [0.1, 0.15) is 0 Å². The van der Waals surface area contributed by atoms with Crippen molar-refractivity contribution in [3.63, 3.8) is 0 Å². The van der Waals surface area contributed by atoms with E-state index in [2.05, 4.69) is 237 Å². The second-order valence-electron chi connectivity index (χ2n) is 17.3. The van der Waals surface area contributed by atoms with Gasteiger partial charge in [0, 0.05) is 34.1 Å². The molecule has 0 atom stereocenters. The van der Waals surface area contributed by atoms with Crippen LogP contribution in [-0.2, 0) is 0 Å². The van der Waals surface area contributed by atoms with Crippen molar-refractivity contribution in [3.05, 3.63) is 212 Å². The van der Waals surface area contributed by atoms with Gasteiger partial charge in [0.1, 0.15) is 11.5 Å². The fraction of sp³-hybridized carbons (Fsp3) is 0.0526. The van der Waals surface area contributed by atoms with E-state index in [9.17, 15) is 0 Å². The Morgan fingerprint density at radius 2 is 0.918 bits per heavy atom. The minimum atomic E-state index is -1.45. The molecule has 290 valence electrons. The lowest BCUT2D eigenvalue weighted by Gasteiger charge is -2.29. The van der Waals surface area contributed by atoms with Crippen molar-refractivity contribution in [1.29, 1.82) is 0 Å². The lowest BCUT2D eigenvalue weighted by molar-refractivity contribution is 0.487. The third-order valence-electron chi connectivity index (χ3n) is 12.5. The number of para-hydroxylation sites is 1. The Labute approximate surface area is 359 Å². The van der Waals surface area contributed by atoms with Crippen LogP contribution in [0, 0.1) is 0 Å². The molecule has 0 radical (unpaired) electrons. The summed E-state index contributed by atoms with van der Waals surface area (Å²) < 4.78 is 6.91. The summed E-state index contributed by atoms with van der Waals surface area (Å²) in [4.78, 5) is 2.33. The van der Waals surface area contributed by atoms with Crippen molar-refractivity contribution in [1.82, 2.24) is 0 Å². The van der Waals surface area contributed by atoms with Gasteiger partial charge in [0.15, 0.2) is 0 Å². The highest BCUT2D eigenvalue weighted by Crippen LogP contribution is 2.52. The number of hydrogen-bond acceptors (Lipinski definition) is 2. The van der Waals surface area contributed by atoms with Crippen molar-refractivity contribution in [2.24, 2.45) is 0 Å². The number of rotatable bonds is 8. The first-order valence-corrected chi connectivity index (χ1v) is 24.8. The fourth-order valence-corrected chi connectivity index (χ4v) is 10.7. The second-order valence-corrected chi connectivity index (χ2v) is 22.4. The van der Waals surface area contributed by atoms with E-state index >= 15 is 0 Å². The van der Waals surface area contributed by atoms with Crippen LogP contribution in [0.3, 0.4) is 0 Å². The molecule has 1 heterocycles. The average molecular weight is 798 g/mol. The minimum absolute atomic E-state index is 0.151. The third-order valence-corrected chi connectivity index (χ3v) is 14.6. The van der Waals surface area contributed by atoms with Crippen molar-refractivity contribution in [2.45, 2.75) is 19.6 Å². The molecule has 0 unspecified atom stereocenters. The summed E-state index contributed by atoms with van der Waals surface area (Å²) in [7, 11) is -1.45. The van der Waals surface area contributed by atoms with E-state index in [0.29, 0.717) is 0 Å². The molecule has 2 nitrogen and oxygen atoms in total. The van der Waals surface area contributed by atoms with Gasteiger partial charge in [-0.1, -0.05) is 193 Å². The molecule has 10 aromatic rings. The van der Waals surface area contributed by atoms with Gasteiger partial charge >= 0.3 is 0 Å². The van der Waals surface area contributed by atoms with Gasteiger partial charge in [-0.2, -0.15) is 0 Å². The normalized spacial score (nSPS) is 12.0. The summed E-state index contributed by atoms with van der Waals surface area (Å²) in [5, 5.41) is 8.76. The third kappa shape index (κ3) is 6.52. The zero-order valence-electron chi connectivity index (χ0n) is 34.6. The van der Waals surface area contributed by atoms with Gasteiger partial charge in [-0.25, -0.2) is 0 Å². The number of anilines is 3. The molecule has 0 amide bonds. The van der Waals surface area contributed by atoms with Gasteiger partial charge in [0.05, 0.1) is 8.07 Å². The highest BCUT2D eigenvalue weighted by molar-refractivity contribution is 6.95. The molecule has 0 fully saturated rings. The molecule has 0 saturated heterocycles. The van der Waals surface area contributed by atoms with E-state index in [1.54, 1.807) is 0 Å². The molecule has 0 saturated carbocycles. The predicted octanol–water partition coefficient (Wildman–Crippen LogP) is 13.1. The van der Waals surface area contributed by atoms with Gasteiger partial charge in [0.2, 0.25) is 6.71 Å². The summed E-state index contributed by atoms with van der Waals surface area (Å²) in [5.74, 6) is 1.75. The topological polar surface area (TPSA) is 12.5 Å². The quantitative estimate of drug-likeness (QED) is 0.112. The van der Waals surface area contributed by atoms with Crippen LogP contribution in [0.5, 0.6) is 11.5 Å². The van der Waals surface area contributed by atoms with Gasteiger partial charge in [-0.05, 0) is 98.2 Å². The van der Waals surface area contributed by atoms with Crippen LogP contribution in [0.25, 0.3) is 54.6 Å². The average Bonchev–Trinajstić information content (AvgIpc) is 3.30. The molecular formula is C57H44BNOSi. The van der Waals surface area contributed by atoms with E-state index in [0.717, 1.165) is 39.5 Å². The van der Waals surface area contributed by atoms with Gasteiger partial charge in [-0.15, -0.1) is 0 Å². The van der Waals surface area contributed by atoms with Crippen LogP contribution in [-0.4, -0.2) is 14.8 Å². The Balaban J connectivity index is 1.04. The van der Waals surface area contributed by atoms with Crippen molar-refractivity contribution in [3.8, 4) is 33.8 Å². The van der Waals surface area contributed by atoms with Crippen LogP contribution in [0.15, 0.2) is 212 Å². The Hall–Kier alpha value is -7.14. The van der Waals surface area contributed by atoms with E-state index in [1.807, 2.05) is 0 Å². The number of hydrogen-bond donors (Lipinski definition) is 0. The maximum absolute atomic E-state index is 6.91. The largest absolute Gasteiger partial charge is 0.456 e. The Bertz CT molecular complexity index is 3200. The molecule has 10 aromatic carbocycles. The lowest BCUT2D eigenvalue weighted by Crippen LogP contribution is -2.51. The van der Waals surface area contributed by atoms with Gasteiger partial charge in [-0.3, -0.25) is 0 Å². The molecule has 4 heteroatoms. The SMILES string of the molecule is C[Si](C)(C)c1ccc(N(c2ccccc2)c2ccc3c(c2)Oc2cccc4c2c-3cc2c3ccccc3c(-c3ccc(B(c5ccccc5)c5ccccc5)cc3)cc42)cc1. The summed E-state index contributed by atoms with van der Waals surface area (Å²) in [6.45, 7) is 7.34. The second kappa shape index (κ2) is 14.8. The molecule has 11 rings (SSSR count). The van der Waals surface area contributed by atoms with Crippen LogP contribution >= 0.6 is 0 Å². The zero-order chi connectivity index (χ0) is 41.1. The van der Waals surface area contributed by atoms with Crippen molar-refractivity contribution in [2.75, 3.05) is 4.90 Å². The molecule has 1 aliphatic heterocycles. The summed E-state index contributed by atoms with van der Waals surface area (Å²) in [5.41, 5.74) is 11.9. The standard InChI is InChI=1S/C57H44BNOSi/c1-61(2,3)46-33-30-44(31-34-46)59(43-20-11-6-12-21-43)45-32-35-49-54-38-52-48-23-14-13-22-47(48)51(37-53(52)50-24-15-25-55(57(50)54)60-56(49)36-45)39-26-28-42(29-27-39)58(40-16-7-4-8-17-40)41-18-9-5-10-19-41/h4-38H,1-3H3. The minimum Gasteiger partial charge on any atom is -0.456 e. The maximum Gasteiger partial charge on any atom is 0.241 e. The molecular weight excluding hydrogens is 754 g/mol. The first-order chi connectivity index (χ1) is 29.9. The van der Waals surface area contributed by atoms with Crippen LogP contribution in [0.2, 0.25) is 19.6 Å². The lowest BCUT2D eigenvalue weighted by atomic mass is 9.37. The molecule has 1 aliphatic rings. The monoisotopic (exact) mass is 797 g/mol. The first-order valence-electron chi connectivity index (χ1n) is 21.3. The van der Waals surface area contributed by atoms with Gasteiger partial charge in [0.25, 0.3) is 0 Å². The molecule has 0 aromatic heterocycles. The number of ether oxygens (including phenoxy) is 1. The number of benzene rings is 10. The number of fused-ring (bicyclic) bond motifs is 6. The molecule has 61 heavy (non-hydrogen) atoms.